The summed E-state index contributed by atoms with van der Waals surface area (Å²) in [6.07, 6.45) is 0. The third-order valence-electron chi connectivity index (χ3n) is 4.74. The summed E-state index contributed by atoms with van der Waals surface area (Å²) < 4.78 is 21.7. The van der Waals surface area contributed by atoms with Crippen molar-refractivity contribution in [1.82, 2.24) is 0 Å². The van der Waals surface area contributed by atoms with Crippen LogP contribution < -0.4 is 19.5 Å². The highest BCUT2D eigenvalue weighted by Gasteiger charge is 2.22. The van der Waals surface area contributed by atoms with Crippen LogP contribution in [0, 0.1) is 0 Å². The molecule has 0 unspecified atom stereocenters. The van der Waals surface area contributed by atoms with Gasteiger partial charge < -0.3 is 24.3 Å². The molecular weight excluding hydrogens is 426 g/mol. The van der Waals surface area contributed by atoms with Crippen LogP contribution in [-0.2, 0) is 9.53 Å². The van der Waals surface area contributed by atoms with E-state index in [9.17, 15) is 14.4 Å². The van der Waals surface area contributed by atoms with Crippen molar-refractivity contribution in [3.8, 4) is 17.2 Å². The molecule has 3 aromatic rings. The maximum Gasteiger partial charge on any atom is 0.340 e. The van der Waals surface area contributed by atoms with Gasteiger partial charge in [-0.2, -0.15) is 0 Å². The molecule has 1 heterocycles. The van der Waals surface area contributed by atoms with Gasteiger partial charge in [0.2, 0.25) is 5.78 Å². The summed E-state index contributed by atoms with van der Waals surface area (Å²) in [6, 6.07) is 20.2. The lowest BCUT2D eigenvalue weighted by atomic mass is 10.1. The van der Waals surface area contributed by atoms with Gasteiger partial charge in [-0.25, -0.2) is 4.79 Å². The van der Waals surface area contributed by atoms with Crippen LogP contribution in [0.3, 0.4) is 0 Å². The van der Waals surface area contributed by atoms with E-state index in [1.807, 2.05) is 6.07 Å². The normalized spacial score (nSPS) is 11.9. The molecule has 33 heavy (non-hydrogen) atoms. The summed E-state index contributed by atoms with van der Waals surface area (Å²) in [7, 11) is 0. The molecule has 0 atom stereocenters. The Morgan fingerprint density at radius 2 is 1.52 bits per heavy atom. The lowest BCUT2D eigenvalue weighted by molar-refractivity contribution is -0.118. The van der Waals surface area contributed by atoms with Crippen LogP contribution in [0.4, 0.5) is 5.69 Å². The number of benzene rings is 3. The molecule has 0 aromatic heterocycles. The predicted octanol–water partition coefficient (Wildman–Crippen LogP) is 3.52. The zero-order valence-corrected chi connectivity index (χ0v) is 17.6. The van der Waals surface area contributed by atoms with Gasteiger partial charge in [-0.1, -0.05) is 36.4 Å². The first-order valence-corrected chi connectivity index (χ1v) is 10.3. The highest BCUT2D eigenvalue weighted by Crippen LogP contribution is 2.33. The van der Waals surface area contributed by atoms with Gasteiger partial charge >= 0.3 is 5.97 Å². The molecule has 4 rings (SSSR count). The zero-order valence-electron chi connectivity index (χ0n) is 17.6. The highest BCUT2D eigenvalue weighted by atomic mass is 16.6. The summed E-state index contributed by atoms with van der Waals surface area (Å²) in [5.41, 5.74) is 0.651. The van der Waals surface area contributed by atoms with Gasteiger partial charge in [-0.3, -0.25) is 9.59 Å². The van der Waals surface area contributed by atoms with Crippen LogP contribution in [0.1, 0.15) is 20.7 Å². The van der Waals surface area contributed by atoms with Gasteiger partial charge in [-0.05, 0) is 36.4 Å². The van der Waals surface area contributed by atoms with Gasteiger partial charge in [0.1, 0.15) is 19.0 Å². The standard InChI is InChI=1S/C25H21NO7/c27-21(19-10-6-12-22-24(19)31-14-13-30-22)15-33-25(29)18-9-4-5-11-20(18)26-23(28)16-32-17-7-2-1-3-8-17/h1-12H,13-16H2,(H,26,28). The summed E-state index contributed by atoms with van der Waals surface area (Å²) in [5, 5.41) is 2.64. The number of esters is 1. The average molecular weight is 447 g/mol. The number of amides is 1. The van der Waals surface area contributed by atoms with Gasteiger partial charge in [-0.15, -0.1) is 0 Å². The molecule has 0 fully saturated rings. The largest absolute Gasteiger partial charge is 0.486 e. The van der Waals surface area contributed by atoms with Crippen LogP contribution in [-0.4, -0.2) is 44.1 Å². The number of anilines is 1. The summed E-state index contributed by atoms with van der Waals surface area (Å²) in [6.45, 7) is 0.0157. The molecule has 168 valence electrons. The maximum atomic E-state index is 12.6. The van der Waals surface area contributed by atoms with E-state index in [-0.39, 0.29) is 23.4 Å². The first kappa shape index (κ1) is 21.9. The van der Waals surface area contributed by atoms with Crippen molar-refractivity contribution in [3.05, 3.63) is 83.9 Å². The van der Waals surface area contributed by atoms with Crippen LogP contribution in [0.5, 0.6) is 17.2 Å². The quantitative estimate of drug-likeness (QED) is 0.417. The summed E-state index contributed by atoms with van der Waals surface area (Å²) >= 11 is 0. The van der Waals surface area contributed by atoms with Crippen LogP contribution in [0.25, 0.3) is 0 Å². The summed E-state index contributed by atoms with van der Waals surface area (Å²) in [4.78, 5) is 37.6. The van der Waals surface area contributed by atoms with Crippen molar-refractivity contribution < 1.29 is 33.3 Å². The van der Waals surface area contributed by atoms with E-state index in [1.54, 1.807) is 60.7 Å². The van der Waals surface area contributed by atoms with Crippen molar-refractivity contribution in [3.63, 3.8) is 0 Å². The fourth-order valence-electron chi connectivity index (χ4n) is 3.20. The molecule has 0 radical (unpaired) electrons. The molecule has 8 heteroatoms. The highest BCUT2D eigenvalue weighted by molar-refractivity contribution is 6.04. The smallest absolute Gasteiger partial charge is 0.340 e. The number of fused-ring (bicyclic) bond motifs is 1. The number of ketones is 1. The van der Waals surface area contributed by atoms with E-state index in [0.717, 1.165) is 0 Å². The number of hydrogen-bond donors (Lipinski definition) is 1. The molecule has 0 bridgehead atoms. The number of carbonyl (C=O) groups excluding carboxylic acids is 3. The molecule has 0 spiro atoms. The zero-order chi connectivity index (χ0) is 23.0. The van der Waals surface area contributed by atoms with Crippen LogP contribution in [0.15, 0.2) is 72.8 Å². The molecule has 1 aliphatic heterocycles. The Morgan fingerprint density at radius 3 is 2.36 bits per heavy atom. The van der Waals surface area contributed by atoms with E-state index in [4.69, 9.17) is 18.9 Å². The summed E-state index contributed by atoms with van der Waals surface area (Å²) in [5.74, 6) is -0.242. The van der Waals surface area contributed by atoms with Gasteiger partial charge in [0.15, 0.2) is 24.7 Å². The SMILES string of the molecule is O=C(COc1ccccc1)Nc1ccccc1C(=O)OCC(=O)c1cccc2c1OCCO2. The molecule has 1 amide bonds. The second-order valence-electron chi connectivity index (χ2n) is 7.02. The van der Waals surface area contributed by atoms with Gasteiger partial charge in [0.25, 0.3) is 5.91 Å². The number of carbonyl (C=O) groups is 3. The van der Waals surface area contributed by atoms with Crippen molar-refractivity contribution in [2.75, 3.05) is 31.7 Å². The Labute approximate surface area is 190 Å². The topological polar surface area (TPSA) is 100 Å². The second-order valence-corrected chi connectivity index (χ2v) is 7.02. The number of ether oxygens (including phenoxy) is 4. The third-order valence-corrected chi connectivity index (χ3v) is 4.74. The molecule has 0 aliphatic carbocycles. The Kier molecular flexibility index (Phi) is 6.84. The molecule has 1 N–H and O–H groups in total. The Bertz CT molecular complexity index is 1160. The lowest BCUT2D eigenvalue weighted by Gasteiger charge is -2.20. The van der Waals surface area contributed by atoms with Crippen molar-refractivity contribution >= 4 is 23.3 Å². The van der Waals surface area contributed by atoms with Gasteiger partial charge in [0, 0.05) is 0 Å². The van der Waals surface area contributed by atoms with E-state index in [1.165, 1.54) is 6.07 Å². The van der Waals surface area contributed by atoms with E-state index >= 15 is 0 Å². The second kappa shape index (κ2) is 10.3. The van der Waals surface area contributed by atoms with Crippen molar-refractivity contribution in [2.45, 2.75) is 0 Å². The Balaban J connectivity index is 1.37. The minimum atomic E-state index is -0.745. The third kappa shape index (κ3) is 5.48. The number of Topliss-reactive ketones (excluding diaryl/α,β-unsaturated/α-hetero) is 1. The van der Waals surface area contributed by atoms with Crippen LogP contribution in [0.2, 0.25) is 0 Å². The number of hydrogen-bond acceptors (Lipinski definition) is 7. The fourth-order valence-corrected chi connectivity index (χ4v) is 3.20. The molecule has 8 nitrogen and oxygen atoms in total. The lowest BCUT2D eigenvalue weighted by Crippen LogP contribution is -2.23. The Hall–Kier alpha value is -4.33. The fraction of sp³-hybridized carbons (Fsp3) is 0.160. The molecular formula is C25H21NO7. The predicted molar refractivity (Wildman–Crippen MR) is 119 cm³/mol. The van der Waals surface area contributed by atoms with E-state index in [2.05, 4.69) is 5.32 Å². The van der Waals surface area contributed by atoms with E-state index < -0.39 is 24.3 Å². The van der Waals surface area contributed by atoms with Crippen molar-refractivity contribution in [1.29, 1.82) is 0 Å². The van der Waals surface area contributed by atoms with Crippen LogP contribution >= 0.6 is 0 Å². The van der Waals surface area contributed by atoms with Crippen molar-refractivity contribution in [2.24, 2.45) is 0 Å². The first-order valence-electron chi connectivity index (χ1n) is 10.3. The monoisotopic (exact) mass is 447 g/mol. The number of rotatable bonds is 8. The molecule has 1 aliphatic rings. The minimum absolute atomic E-state index is 0.119. The molecule has 0 saturated carbocycles. The number of nitrogens with one attached hydrogen (secondary N) is 1. The average Bonchev–Trinajstić information content (AvgIpc) is 2.86. The van der Waals surface area contributed by atoms with Gasteiger partial charge in [0.05, 0.1) is 16.8 Å². The Morgan fingerprint density at radius 1 is 0.788 bits per heavy atom. The first-order chi connectivity index (χ1) is 16.1. The maximum absolute atomic E-state index is 12.6. The molecule has 0 saturated heterocycles. The van der Waals surface area contributed by atoms with E-state index in [0.29, 0.717) is 30.5 Å². The minimum Gasteiger partial charge on any atom is -0.486 e. The number of para-hydroxylation sites is 3. The molecule has 3 aromatic carbocycles.